The van der Waals surface area contributed by atoms with Gasteiger partial charge in [-0.05, 0) is 35.7 Å². The second-order valence-electron chi connectivity index (χ2n) is 12.5. The van der Waals surface area contributed by atoms with Crippen LogP contribution in [-0.2, 0) is 0 Å². The summed E-state index contributed by atoms with van der Waals surface area (Å²) in [6.07, 6.45) is 0. The van der Waals surface area contributed by atoms with E-state index in [9.17, 15) is 0 Å². The molecule has 0 unspecified atom stereocenters. The van der Waals surface area contributed by atoms with Gasteiger partial charge in [-0.2, -0.15) is 4.98 Å². The van der Waals surface area contributed by atoms with E-state index in [0.29, 0.717) is 11.5 Å². The molecule has 0 aliphatic rings. The molecule has 0 atom stereocenters. The molecular weight excluding hydrogens is 619 g/mol. The van der Waals surface area contributed by atoms with Gasteiger partial charge in [-0.3, -0.25) is 0 Å². The highest BCUT2D eigenvalue weighted by Gasteiger charge is 2.22. The first-order valence-corrected chi connectivity index (χ1v) is 17.2. The van der Waals surface area contributed by atoms with E-state index >= 15 is 0 Å². The molecule has 0 fully saturated rings. The molecule has 0 spiro atoms. The minimum Gasteiger partial charge on any atom is -0.438 e. The van der Waals surface area contributed by atoms with Gasteiger partial charge < -0.3 is 8.98 Å². The molecular formula is C44H25N3OS. The Kier molecular flexibility index (Phi) is 5.51. The van der Waals surface area contributed by atoms with Crippen molar-refractivity contribution >= 4 is 86.2 Å². The maximum atomic E-state index is 6.31. The van der Waals surface area contributed by atoms with E-state index in [2.05, 4.69) is 108 Å². The maximum absolute atomic E-state index is 6.31. The van der Waals surface area contributed by atoms with Gasteiger partial charge in [0, 0.05) is 58.5 Å². The first-order valence-electron chi connectivity index (χ1n) is 16.4. The van der Waals surface area contributed by atoms with Gasteiger partial charge in [0.1, 0.15) is 5.58 Å². The average Bonchev–Trinajstić information content (AvgIpc) is 3.85. The summed E-state index contributed by atoms with van der Waals surface area (Å²) in [6, 6.07) is 53.6. The number of hydrogen-bond donors (Lipinski definition) is 0. The van der Waals surface area contributed by atoms with Crippen LogP contribution in [0.1, 0.15) is 0 Å². The molecule has 0 aliphatic carbocycles. The van der Waals surface area contributed by atoms with Crippen LogP contribution in [-0.4, -0.2) is 14.5 Å². The quantitative estimate of drug-likeness (QED) is 0.192. The summed E-state index contributed by atoms with van der Waals surface area (Å²) < 4.78 is 11.4. The Balaban J connectivity index is 1.21. The molecule has 11 rings (SSSR count). The molecule has 7 aromatic carbocycles. The summed E-state index contributed by atoms with van der Waals surface area (Å²) in [5.74, 6) is 0.646. The minimum absolute atomic E-state index is 0.593. The van der Waals surface area contributed by atoms with Gasteiger partial charge in [-0.15, -0.1) is 11.3 Å². The van der Waals surface area contributed by atoms with E-state index in [1.165, 1.54) is 52.8 Å². The van der Waals surface area contributed by atoms with Crippen LogP contribution in [0, 0.1) is 0 Å². The number of furan rings is 1. The molecule has 0 radical (unpaired) electrons. The van der Waals surface area contributed by atoms with Crippen molar-refractivity contribution in [2.75, 3.05) is 0 Å². The zero-order chi connectivity index (χ0) is 32.1. The number of rotatable bonds is 3. The summed E-state index contributed by atoms with van der Waals surface area (Å²) in [5.41, 5.74) is 7.76. The van der Waals surface area contributed by atoms with Crippen LogP contribution in [0.3, 0.4) is 0 Å². The van der Waals surface area contributed by atoms with Crippen LogP contribution in [0.25, 0.3) is 103 Å². The number of thiophene rings is 1. The van der Waals surface area contributed by atoms with Crippen molar-refractivity contribution in [1.82, 2.24) is 14.5 Å². The molecule has 0 saturated heterocycles. The lowest BCUT2D eigenvalue weighted by Gasteiger charge is -2.12. The number of nitrogens with zero attached hydrogens (tertiary/aromatic N) is 3. The van der Waals surface area contributed by atoms with Gasteiger partial charge in [-0.25, -0.2) is 4.98 Å². The summed E-state index contributed by atoms with van der Waals surface area (Å²) >= 11 is 1.89. The first kappa shape index (κ1) is 26.7. The number of fused-ring (bicyclic) bond motifs is 13. The van der Waals surface area contributed by atoms with Crippen LogP contribution in [0.2, 0.25) is 0 Å². The zero-order valence-electron chi connectivity index (χ0n) is 26.1. The molecule has 5 heteroatoms. The summed E-state index contributed by atoms with van der Waals surface area (Å²) in [4.78, 5) is 10.1. The SMILES string of the molecule is c1ccc(-c2nc(-c3ccc(-n4c5ccccc5c5c6ccccc6c6sc7ccccc7c6c54)cc3)c3c(n2)oc2ccccc23)cc1. The highest BCUT2D eigenvalue weighted by molar-refractivity contribution is 7.27. The van der Waals surface area contributed by atoms with Crippen molar-refractivity contribution in [3.63, 3.8) is 0 Å². The Hall–Kier alpha value is -6.30. The van der Waals surface area contributed by atoms with Crippen LogP contribution in [0.5, 0.6) is 0 Å². The van der Waals surface area contributed by atoms with Crippen LogP contribution in [0.4, 0.5) is 0 Å². The molecule has 11 aromatic rings. The summed E-state index contributed by atoms with van der Waals surface area (Å²) in [5, 5.41) is 9.68. The van der Waals surface area contributed by atoms with Gasteiger partial charge in [0.25, 0.3) is 0 Å². The number of benzene rings is 7. The molecule has 0 bridgehead atoms. The topological polar surface area (TPSA) is 43.9 Å². The van der Waals surface area contributed by atoms with E-state index in [1.807, 2.05) is 59.9 Å². The van der Waals surface area contributed by atoms with Gasteiger partial charge >= 0.3 is 0 Å². The van der Waals surface area contributed by atoms with E-state index in [-0.39, 0.29) is 0 Å². The zero-order valence-corrected chi connectivity index (χ0v) is 26.9. The Bertz CT molecular complexity index is 3100. The molecule has 228 valence electrons. The Morgan fingerprint density at radius 2 is 1.16 bits per heavy atom. The lowest BCUT2D eigenvalue weighted by molar-refractivity contribution is 0.653. The van der Waals surface area contributed by atoms with Gasteiger partial charge in [0.15, 0.2) is 5.82 Å². The highest BCUT2D eigenvalue weighted by atomic mass is 32.1. The fraction of sp³-hybridized carbons (Fsp3) is 0. The predicted molar refractivity (Wildman–Crippen MR) is 205 cm³/mol. The van der Waals surface area contributed by atoms with E-state index in [4.69, 9.17) is 14.4 Å². The second kappa shape index (κ2) is 10.1. The van der Waals surface area contributed by atoms with Crippen LogP contribution < -0.4 is 0 Å². The molecule has 0 aliphatic heterocycles. The third-order valence-corrected chi connectivity index (χ3v) is 11.0. The highest BCUT2D eigenvalue weighted by Crippen LogP contribution is 2.48. The smallest absolute Gasteiger partial charge is 0.231 e. The molecule has 4 aromatic heterocycles. The Morgan fingerprint density at radius 1 is 0.490 bits per heavy atom. The third kappa shape index (κ3) is 3.79. The van der Waals surface area contributed by atoms with E-state index < -0.39 is 0 Å². The van der Waals surface area contributed by atoms with E-state index in [1.54, 1.807) is 0 Å². The molecule has 4 heterocycles. The lowest BCUT2D eigenvalue weighted by Crippen LogP contribution is -1.96. The average molecular weight is 644 g/mol. The van der Waals surface area contributed by atoms with Crippen molar-refractivity contribution in [2.45, 2.75) is 0 Å². The monoisotopic (exact) mass is 643 g/mol. The summed E-state index contributed by atoms with van der Waals surface area (Å²) in [6.45, 7) is 0. The Morgan fingerprint density at radius 3 is 2.00 bits per heavy atom. The van der Waals surface area contributed by atoms with Gasteiger partial charge in [0.05, 0.1) is 22.1 Å². The molecule has 0 saturated carbocycles. The fourth-order valence-electron chi connectivity index (χ4n) is 7.70. The molecule has 49 heavy (non-hydrogen) atoms. The van der Waals surface area contributed by atoms with Crippen LogP contribution in [0.15, 0.2) is 156 Å². The Labute approximate surface area is 284 Å². The van der Waals surface area contributed by atoms with Gasteiger partial charge in [0.2, 0.25) is 5.71 Å². The number of aromatic nitrogens is 3. The van der Waals surface area contributed by atoms with Crippen molar-refractivity contribution in [3.8, 4) is 28.3 Å². The molecule has 0 N–H and O–H groups in total. The standard InChI is InChI=1S/C44H25N3OS/c1-2-12-27(13-3-1)43-45-40(38-32-17-7-10-20-35(32)48-44(38)46-43)26-22-24-28(25-23-26)47-34-19-9-6-16-31(34)37-29-14-4-5-15-30(29)42-39(41(37)47)33-18-8-11-21-36(33)49-42/h1-25H. The van der Waals surface area contributed by atoms with Crippen molar-refractivity contribution in [1.29, 1.82) is 0 Å². The lowest BCUT2D eigenvalue weighted by atomic mass is 10.00. The largest absolute Gasteiger partial charge is 0.438 e. The predicted octanol–water partition coefficient (Wildman–Crippen LogP) is 12.3. The number of para-hydroxylation sites is 2. The van der Waals surface area contributed by atoms with Gasteiger partial charge in [-0.1, -0.05) is 121 Å². The van der Waals surface area contributed by atoms with Crippen molar-refractivity contribution in [3.05, 3.63) is 152 Å². The minimum atomic E-state index is 0.593. The maximum Gasteiger partial charge on any atom is 0.231 e. The fourth-order valence-corrected chi connectivity index (χ4v) is 8.95. The first-order chi connectivity index (χ1) is 24.3. The molecule has 0 amide bonds. The second-order valence-corrected chi connectivity index (χ2v) is 13.6. The van der Waals surface area contributed by atoms with Crippen molar-refractivity contribution < 1.29 is 4.42 Å². The summed E-state index contributed by atoms with van der Waals surface area (Å²) in [7, 11) is 0. The van der Waals surface area contributed by atoms with E-state index in [0.717, 1.165) is 38.9 Å². The normalized spacial score (nSPS) is 12.1. The molecule has 4 nitrogen and oxygen atoms in total. The van der Waals surface area contributed by atoms with Crippen LogP contribution >= 0.6 is 11.3 Å². The number of hydrogen-bond acceptors (Lipinski definition) is 4. The van der Waals surface area contributed by atoms with Crippen molar-refractivity contribution in [2.24, 2.45) is 0 Å². The third-order valence-electron chi connectivity index (χ3n) is 9.82.